The molecule has 2 N–H and O–H groups in total. The maximum Gasteiger partial charge on any atom is 0.272 e. The van der Waals surface area contributed by atoms with E-state index in [-0.39, 0.29) is 34.2 Å². The minimum atomic E-state index is -0.750. The number of halogens is 2. The van der Waals surface area contributed by atoms with E-state index in [0.717, 1.165) is 0 Å². The summed E-state index contributed by atoms with van der Waals surface area (Å²) in [7, 11) is 0. The van der Waals surface area contributed by atoms with Gasteiger partial charge in [0, 0.05) is 24.5 Å². The summed E-state index contributed by atoms with van der Waals surface area (Å²) in [5.74, 6) is -1.38. The number of aryl methyl sites for hydroxylation is 1. The monoisotopic (exact) mass is 351 g/mol. The predicted octanol–water partition coefficient (Wildman–Crippen LogP) is 3.92. The maximum absolute atomic E-state index is 14.5. The summed E-state index contributed by atoms with van der Waals surface area (Å²) in [4.78, 5) is 21.1. The lowest BCUT2D eigenvalue weighted by molar-refractivity contribution is -0.385. The molecule has 0 aliphatic rings. The molecular formula is C16H13ClFN2O4. The van der Waals surface area contributed by atoms with Gasteiger partial charge in [-0.05, 0) is 30.7 Å². The molecule has 0 unspecified atom stereocenters. The lowest BCUT2D eigenvalue weighted by Gasteiger charge is -2.12. The number of hydrogen-bond acceptors (Lipinski definition) is 4. The number of benzene rings is 2. The lowest BCUT2D eigenvalue weighted by Crippen LogP contribution is -2.10. The standard InChI is InChI=1S/C16H13ClFN2O4/c1-9-8-11(4-6-13(9)20(22)23)24-16-12(17)5-2-10(15(16)18)3-7-14(19)21/h2-6,8H,7H2,1H3,(H2,19,21). The van der Waals surface area contributed by atoms with Gasteiger partial charge in [-0.25, -0.2) is 4.39 Å². The number of rotatable bonds is 6. The van der Waals surface area contributed by atoms with E-state index in [9.17, 15) is 19.3 Å². The smallest absolute Gasteiger partial charge is 0.272 e. The molecule has 0 fully saturated rings. The number of nitro benzene ring substituents is 1. The Bertz CT molecular complexity index is 811. The quantitative estimate of drug-likeness (QED) is 0.630. The van der Waals surface area contributed by atoms with Crippen LogP contribution in [0.2, 0.25) is 5.02 Å². The van der Waals surface area contributed by atoms with Crippen molar-refractivity contribution in [2.45, 2.75) is 13.3 Å². The molecule has 24 heavy (non-hydrogen) atoms. The van der Waals surface area contributed by atoms with Crippen LogP contribution in [0.4, 0.5) is 10.1 Å². The summed E-state index contributed by atoms with van der Waals surface area (Å²) >= 11 is 5.96. The Hall–Kier alpha value is -2.67. The number of ether oxygens (including phenoxy) is 1. The zero-order valence-corrected chi connectivity index (χ0v) is 13.3. The number of primary amides is 1. The fourth-order valence-electron chi connectivity index (χ4n) is 2.02. The molecule has 0 aromatic heterocycles. The first-order chi connectivity index (χ1) is 11.3. The van der Waals surface area contributed by atoms with Crippen molar-refractivity contribution in [2.24, 2.45) is 5.73 Å². The molecule has 0 saturated carbocycles. The van der Waals surface area contributed by atoms with E-state index in [1.807, 2.05) is 0 Å². The van der Waals surface area contributed by atoms with Crippen LogP contribution in [0.15, 0.2) is 30.3 Å². The van der Waals surface area contributed by atoms with Crippen LogP contribution in [0.5, 0.6) is 11.5 Å². The SMILES string of the molecule is Cc1cc(Oc2c(Cl)ccc([CH]CC(N)=O)c2F)ccc1[N+](=O)[O-]. The van der Waals surface area contributed by atoms with Crippen molar-refractivity contribution in [3.8, 4) is 11.5 Å². The Morgan fingerprint density at radius 2 is 2.12 bits per heavy atom. The van der Waals surface area contributed by atoms with Gasteiger partial charge in [0.05, 0.1) is 9.95 Å². The van der Waals surface area contributed by atoms with Crippen molar-refractivity contribution < 1.29 is 18.8 Å². The van der Waals surface area contributed by atoms with Crippen LogP contribution in [0, 0.1) is 29.3 Å². The fourth-order valence-corrected chi connectivity index (χ4v) is 2.21. The number of nitro groups is 1. The minimum absolute atomic E-state index is 0.0275. The van der Waals surface area contributed by atoms with E-state index in [1.54, 1.807) is 6.92 Å². The van der Waals surface area contributed by atoms with Crippen LogP contribution in [0.25, 0.3) is 0 Å². The van der Waals surface area contributed by atoms with E-state index in [2.05, 4.69) is 0 Å². The van der Waals surface area contributed by atoms with Crippen LogP contribution in [0.3, 0.4) is 0 Å². The van der Waals surface area contributed by atoms with Crippen molar-refractivity contribution in [3.05, 3.63) is 68.8 Å². The molecular weight excluding hydrogens is 339 g/mol. The molecule has 0 spiro atoms. The molecule has 0 bridgehead atoms. The average Bonchev–Trinajstić information content (AvgIpc) is 2.50. The van der Waals surface area contributed by atoms with Gasteiger partial charge in [0.1, 0.15) is 5.75 Å². The summed E-state index contributed by atoms with van der Waals surface area (Å²) < 4.78 is 19.9. The number of hydrogen-bond donors (Lipinski definition) is 1. The maximum atomic E-state index is 14.5. The lowest BCUT2D eigenvalue weighted by atomic mass is 10.1. The molecule has 0 heterocycles. The second kappa shape index (κ2) is 7.27. The molecule has 2 rings (SSSR count). The molecule has 0 saturated heterocycles. The van der Waals surface area contributed by atoms with Gasteiger partial charge in [0.15, 0.2) is 11.6 Å². The first-order valence-electron chi connectivity index (χ1n) is 6.82. The van der Waals surface area contributed by atoms with Crippen LogP contribution >= 0.6 is 11.6 Å². The Balaban J connectivity index is 2.32. The molecule has 0 atom stereocenters. The molecule has 1 amide bonds. The Kier molecular flexibility index (Phi) is 5.35. The summed E-state index contributed by atoms with van der Waals surface area (Å²) in [6, 6.07) is 6.84. The van der Waals surface area contributed by atoms with E-state index in [4.69, 9.17) is 22.1 Å². The highest BCUT2D eigenvalue weighted by Gasteiger charge is 2.17. The van der Waals surface area contributed by atoms with Gasteiger partial charge < -0.3 is 10.5 Å². The number of nitrogens with zero attached hydrogens (tertiary/aromatic N) is 1. The van der Waals surface area contributed by atoms with Crippen molar-refractivity contribution in [1.82, 2.24) is 0 Å². The first kappa shape index (κ1) is 17.7. The van der Waals surface area contributed by atoms with Crippen molar-refractivity contribution in [1.29, 1.82) is 0 Å². The highest BCUT2D eigenvalue weighted by atomic mass is 35.5. The molecule has 125 valence electrons. The number of carbonyl (C=O) groups excluding carboxylic acids is 1. The normalized spacial score (nSPS) is 10.5. The Morgan fingerprint density at radius 1 is 1.42 bits per heavy atom. The van der Waals surface area contributed by atoms with Crippen molar-refractivity contribution >= 4 is 23.2 Å². The number of carbonyl (C=O) groups is 1. The van der Waals surface area contributed by atoms with Crippen molar-refractivity contribution in [3.63, 3.8) is 0 Å². The first-order valence-corrected chi connectivity index (χ1v) is 7.19. The van der Waals surface area contributed by atoms with Crippen LogP contribution < -0.4 is 10.5 Å². The number of amides is 1. The molecule has 2 aromatic carbocycles. The van der Waals surface area contributed by atoms with Gasteiger partial charge in [-0.15, -0.1) is 0 Å². The third-order valence-electron chi connectivity index (χ3n) is 3.19. The van der Waals surface area contributed by atoms with Gasteiger partial charge in [0.25, 0.3) is 5.69 Å². The highest BCUT2D eigenvalue weighted by molar-refractivity contribution is 6.32. The molecule has 6 nitrogen and oxygen atoms in total. The Labute approximate surface area is 142 Å². The zero-order chi connectivity index (χ0) is 17.9. The fraction of sp³-hybridized carbons (Fsp3) is 0.125. The van der Waals surface area contributed by atoms with Gasteiger partial charge in [-0.3, -0.25) is 14.9 Å². The topological polar surface area (TPSA) is 95.5 Å². The summed E-state index contributed by atoms with van der Waals surface area (Å²) in [5.41, 5.74) is 5.44. The van der Waals surface area contributed by atoms with Gasteiger partial charge >= 0.3 is 0 Å². The second-order valence-corrected chi connectivity index (χ2v) is 5.37. The predicted molar refractivity (Wildman–Crippen MR) is 86.5 cm³/mol. The molecule has 0 aliphatic heterocycles. The van der Waals surface area contributed by atoms with E-state index in [1.165, 1.54) is 36.8 Å². The summed E-state index contributed by atoms with van der Waals surface area (Å²) in [5, 5.41) is 10.8. The van der Waals surface area contributed by atoms with Gasteiger partial charge in [0.2, 0.25) is 5.91 Å². The average molecular weight is 352 g/mol. The van der Waals surface area contributed by atoms with Crippen LogP contribution in [-0.4, -0.2) is 10.8 Å². The third kappa shape index (κ3) is 3.99. The molecule has 0 aliphatic carbocycles. The molecule has 2 aromatic rings. The van der Waals surface area contributed by atoms with E-state index in [0.29, 0.717) is 5.56 Å². The van der Waals surface area contributed by atoms with Crippen molar-refractivity contribution in [2.75, 3.05) is 0 Å². The molecule has 1 radical (unpaired) electrons. The number of nitrogens with two attached hydrogens (primary N) is 1. The van der Waals surface area contributed by atoms with Crippen LogP contribution in [-0.2, 0) is 4.79 Å². The minimum Gasteiger partial charge on any atom is -0.453 e. The van der Waals surface area contributed by atoms with Gasteiger partial charge in [-0.2, -0.15) is 0 Å². The largest absolute Gasteiger partial charge is 0.453 e. The second-order valence-electron chi connectivity index (χ2n) is 4.96. The highest BCUT2D eigenvalue weighted by Crippen LogP contribution is 2.35. The third-order valence-corrected chi connectivity index (χ3v) is 3.48. The summed E-state index contributed by atoms with van der Waals surface area (Å²) in [6.45, 7) is 1.54. The molecule has 8 heteroatoms. The van der Waals surface area contributed by atoms with E-state index < -0.39 is 16.6 Å². The van der Waals surface area contributed by atoms with Gasteiger partial charge in [-0.1, -0.05) is 17.7 Å². The summed E-state index contributed by atoms with van der Waals surface area (Å²) in [6.07, 6.45) is 1.19. The Morgan fingerprint density at radius 3 is 2.71 bits per heavy atom. The van der Waals surface area contributed by atoms with Crippen LogP contribution in [0.1, 0.15) is 17.5 Å². The van der Waals surface area contributed by atoms with E-state index >= 15 is 0 Å². The zero-order valence-electron chi connectivity index (χ0n) is 12.6.